The van der Waals surface area contributed by atoms with E-state index in [2.05, 4.69) is 44.4 Å². The van der Waals surface area contributed by atoms with Crippen LogP contribution in [0.4, 0.5) is 5.13 Å². The van der Waals surface area contributed by atoms with Crippen LogP contribution in [0.25, 0.3) is 0 Å². The first-order valence-corrected chi connectivity index (χ1v) is 8.87. The van der Waals surface area contributed by atoms with Crippen LogP contribution >= 0.6 is 11.3 Å². The monoisotopic (exact) mass is 310 g/mol. The van der Waals surface area contributed by atoms with Gasteiger partial charge in [0.05, 0.1) is 5.69 Å². The second kappa shape index (κ2) is 6.63. The first kappa shape index (κ1) is 16.7. The zero-order chi connectivity index (χ0) is 15.6. The lowest BCUT2D eigenvalue weighted by molar-refractivity contribution is 0.193. The van der Waals surface area contributed by atoms with E-state index in [1.54, 1.807) is 11.3 Å². The Morgan fingerprint density at radius 2 is 1.86 bits per heavy atom. The molecule has 0 saturated carbocycles. The van der Waals surface area contributed by atoms with Crippen LogP contribution in [-0.4, -0.2) is 42.1 Å². The second-order valence-corrected chi connectivity index (χ2v) is 8.06. The summed E-state index contributed by atoms with van der Waals surface area (Å²) in [4.78, 5) is 11.2. The molecule has 0 bridgehead atoms. The van der Waals surface area contributed by atoms with Crippen LogP contribution < -0.4 is 10.6 Å². The predicted molar refractivity (Wildman–Crippen MR) is 92.2 cm³/mol. The lowest BCUT2D eigenvalue weighted by Gasteiger charge is -2.37. The standard InChI is InChI=1S/C16H30N4S/c1-6-12(2)19-7-9-20(10-8-19)15-18-14(16(3,4)5)13(11-17)21-15/h12H,6-11,17H2,1-5H3. The van der Waals surface area contributed by atoms with Crippen molar-refractivity contribution in [2.45, 2.75) is 59.0 Å². The molecule has 1 aliphatic rings. The summed E-state index contributed by atoms with van der Waals surface area (Å²) >= 11 is 1.78. The summed E-state index contributed by atoms with van der Waals surface area (Å²) in [6, 6.07) is 0.688. The largest absolute Gasteiger partial charge is 0.346 e. The van der Waals surface area contributed by atoms with Crippen LogP contribution in [-0.2, 0) is 12.0 Å². The van der Waals surface area contributed by atoms with Crippen LogP contribution in [0.2, 0.25) is 0 Å². The van der Waals surface area contributed by atoms with Gasteiger partial charge in [-0.2, -0.15) is 0 Å². The maximum atomic E-state index is 5.91. The van der Waals surface area contributed by atoms with E-state index in [0.717, 1.165) is 31.3 Å². The average molecular weight is 311 g/mol. The molecule has 1 aromatic heterocycles. The molecule has 0 aliphatic carbocycles. The Morgan fingerprint density at radius 3 is 2.29 bits per heavy atom. The van der Waals surface area contributed by atoms with Gasteiger partial charge in [0.2, 0.25) is 0 Å². The van der Waals surface area contributed by atoms with E-state index in [9.17, 15) is 0 Å². The first-order chi connectivity index (χ1) is 9.86. The molecular weight excluding hydrogens is 280 g/mol. The van der Waals surface area contributed by atoms with Crippen molar-refractivity contribution in [2.75, 3.05) is 31.1 Å². The summed E-state index contributed by atoms with van der Waals surface area (Å²) in [6.45, 7) is 16.2. The minimum atomic E-state index is 0.0714. The van der Waals surface area contributed by atoms with Gasteiger partial charge in [-0.15, -0.1) is 11.3 Å². The van der Waals surface area contributed by atoms with Gasteiger partial charge in [-0.3, -0.25) is 4.90 Å². The number of piperazine rings is 1. The predicted octanol–water partition coefficient (Wildman–Crippen LogP) is 2.82. The van der Waals surface area contributed by atoms with Crippen LogP contribution in [0.3, 0.4) is 0 Å². The fourth-order valence-electron chi connectivity index (χ4n) is 2.81. The van der Waals surface area contributed by atoms with Crippen LogP contribution in [0, 0.1) is 0 Å². The topological polar surface area (TPSA) is 45.4 Å². The third kappa shape index (κ3) is 3.76. The molecule has 2 heterocycles. The van der Waals surface area contributed by atoms with Crippen molar-refractivity contribution >= 4 is 16.5 Å². The molecule has 0 amide bonds. The van der Waals surface area contributed by atoms with Gasteiger partial charge in [0.25, 0.3) is 0 Å². The summed E-state index contributed by atoms with van der Waals surface area (Å²) in [5.74, 6) is 0. The van der Waals surface area contributed by atoms with Gasteiger partial charge in [-0.1, -0.05) is 27.7 Å². The normalized spacial score (nSPS) is 19.0. The number of rotatable bonds is 4. The molecule has 1 saturated heterocycles. The second-order valence-electron chi connectivity index (χ2n) is 7.00. The molecule has 2 rings (SSSR count). The number of anilines is 1. The maximum absolute atomic E-state index is 5.91. The molecule has 120 valence electrons. The molecule has 21 heavy (non-hydrogen) atoms. The number of hydrogen-bond acceptors (Lipinski definition) is 5. The van der Waals surface area contributed by atoms with Crippen molar-refractivity contribution in [3.63, 3.8) is 0 Å². The van der Waals surface area contributed by atoms with Crippen molar-refractivity contribution in [3.8, 4) is 0 Å². The molecule has 1 aliphatic heterocycles. The van der Waals surface area contributed by atoms with Crippen LogP contribution in [0.15, 0.2) is 0 Å². The van der Waals surface area contributed by atoms with Crippen molar-refractivity contribution in [1.82, 2.24) is 9.88 Å². The fourth-order valence-corrected chi connectivity index (χ4v) is 4.01. The Labute approximate surface area is 133 Å². The van der Waals surface area contributed by atoms with E-state index in [-0.39, 0.29) is 5.41 Å². The van der Waals surface area contributed by atoms with Crippen molar-refractivity contribution in [1.29, 1.82) is 0 Å². The zero-order valence-corrected chi connectivity index (χ0v) is 15.0. The Bertz CT molecular complexity index is 455. The Kier molecular flexibility index (Phi) is 5.28. The van der Waals surface area contributed by atoms with E-state index in [1.165, 1.54) is 17.0 Å². The Balaban J connectivity index is 2.09. The summed E-state index contributed by atoms with van der Waals surface area (Å²) in [6.07, 6.45) is 1.22. The first-order valence-electron chi connectivity index (χ1n) is 8.06. The van der Waals surface area contributed by atoms with Gasteiger partial charge >= 0.3 is 0 Å². The number of aromatic nitrogens is 1. The van der Waals surface area contributed by atoms with Crippen molar-refractivity contribution < 1.29 is 0 Å². The Morgan fingerprint density at radius 1 is 1.24 bits per heavy atom. The van der Waals surface area contributed by atoms with E-state index in [0.29, 0.717) is 12.6 Å². The van der Waals surface area contributed by atoms with Gasteiger partial charge in [0, 0.05) is 49.1 Å². The third-order valence-electron chi connectivity index (χ3n) is 4.38. The van der Waals surface area contributed by atoms with Gasteiger partial charge in [0.1, 0.15) is 0 Å². The fraction of sp³-hybridized carbons (Fsp3) is 0.812. The summed E-state index contributed by atoms with van der Waals surface area (Å²) < 4.78 is 0. The molecule has 1 fully saturated rings. The molecular formula is C16H30N4S. The summed E-state index contributed by atoms with van der Waals surface area (Å²) in [5, 5.41) is 1.16. The highest BCUT2D eigenvalue weighted by Gasteiger charge is 2.26. The van der Waals surface area contributed by atoms with E-state index < -0.39 is 0 Å². The molecule has 4 nitrogen and oxygen atoms in total. The zero-order valence-electron chi connectivity index (χ0n) is 14.1. The molecule has 1 atom stereocenters. The minimum Gasteiger partial charge on any atom is -0.346 e. The quantitative estimate of drug-likeness (QED) is 0.929. The van der Waals surface area contributed by atoms with Crippen LogP contribution in [0.1, 0.15) is 51.6 Å². The number of thiazole rings is 1. The molecule has 2 N–H and O–H groups in total. The highest BCUT2D eigenvalue weighted by atomic mass is 32.1. The van der Waals surface area contributed by atoms with Gasteiger partial charge in [0.15, 0.2) is 5.13 Å². The SMILES string of the molecule is CCC(C)N1CCN(c2nc(C(C)(C)C)c(CN)s2)CC1. The average Bonchev–Trinajstić information content (AvgIpc) is 2.91. The van der Waals surface area contributed by atoms with Gasteiger partial charge in [-0.25, -0.2) is 4.98 Å². The highest BCUT2D eigenvalue weighted by molar-refractivity contribution is 7.15. The molecule has 1 aromatic rings. The lowest BCUT2D eigenvalue weighted by Crippen LogP contribution is -2.49. The summed E-state index contributed by atoms with van der Waals surface area (Å²) in [7, 11) is 0. The number of nitrogens with zero attached hydrogens (tertiary/aromatic N) is 3. The van der Waals surface area contributed by atoms with Crippen LogP contribution in [0.5, 0.6) is 0 Å². The van der Waals surface area contributed by atoms with E-state index in [4.69, 9.17) is 10.7 Å². The minimum absolute atomic E-state index is 0.0714. The van der Waals surface area contributed by atoms with Crippen molar-refractivity contribution in [3.05, 3.63) is 10.6 Å². The molecule has 0 aromatic carbocycles. The number of nitrogens with two attached hydrogens (primary N) is 1. The van der Waals surface area contributed by atoms with E-state index >= 15 is 0 Å². The molecule has 5 heteroatoms. The highest BCUT2D eigenvalue weighted by Crippen LogP contribution is 2.34. The Hall–Kier alpha value is -0.650. The summed E-state index contributed by atoms with van der Waals surface area (Å²) in [5.41, 5.74) is 7.16. The molecule has 0 radical (unpaired) electrons. The third-order valence-corrected chi connectivity index (χ3v) is 5.52. The van der Waals surface area contributed by atoms with Crippen molar-refractivity contribution in [2.24, 2.45) is 5.73 Å². The lowest BCUT2D eigenvalue weighted by atomic mass is 9.91. The molecule has 0 spiro atoms. The maximum Gasteiger partial charge on any atom is 0.185 e. The molecule has 1 unspecified atom stereocenters. The van der Waals surface area contributed by atoms with Gasteiger partial charge < -0.3 is 10.6 Å². The smallest absolute Gasteiger partial charge is 0.185 e. The van der Waals surface area contributed by atoms with Gasteiger partial charge in [-0.05, 0) is 13.3 Å². The van der Waals surface area contributed by atoms with E-state index in [1.807, 2.05) is 0 Å². The number of hydrogen-bond donors (Lipinski definition) is 1.